The van der Waals surface area contributed by atoms with Crippen LogP contribution >= 0.6 is 0 Å². The van der Waals surface area contributed by atoms with Crippen molar-refractivity contribution in [1.82, 2.24) is 15.1 Å². The molecule has 40 heavy (non-hydrogen) atoms. The molecule has 1 aromatic heterocycles. The minimum absolute atomic E-state index is 0.000196. The molecule has 1 aliphatic heterocycles. The summed E-state index contributed by atoms with van der Waals surface area (Å²) in [5.74, 6) is 1.22. The van der Waals surface area contributed by atoms with Crippen molar-refractivity contribution in [3.05, 3.63) is 95.7 Å². The standard InChI is InChI=1S/C33H35N3O4/c37-33(38)34-18-20-39-28-15-12-25(13-16-28)32(31(24-9-6-10-24)23-7-2-1-3-8-23)26-14-17-29-27(21-26)22-35-36(29)30-11-4-5-19-40-30/h1-3,7-8,12-17,21-22,24,30,34H,4-6,9-11,18-20H2,(H,37,38)/b32-31-. The molecule has 1 saturated heterocycles. The molecule has 1 atom stereocenters. The number of carboxylic acid groups (broad SMARTS) is 1. The molecule has 2 heterocycles. The Hall–Kier alpha value is -4.10. The number of rotatable bonds is 9. The zero-order valence-electron chi connectivity index (χ0n) is 22.6. The lowest BCUT2D eigenvalue weighted by Crippen LogP contribution is -2.26. The summed E-state index contributed by atoms with van der Waals surface area (Å²) < 4.78 is 13.8. The maximum atomic E-state index is 10.7. The van der Waals surface area contributed by atoms with E-state index in [1.54, 1.807) is 0 Å². The van der Waals surface area contributed by atoms with Crippen LogP contribution in [-0.4, -0.2) is 40.7 Å². The summed E-state index contributed by atoms with van der Waals surface area (Å²) in [4.78, 5) is 10.7. The van der Waals surface area contributed by atoms with Gasteiger partial charge in [-0.3, -0.25) is 0 Å². The first-order valence-corrected chi connectivity index (χ1v) is 14.3. The second-order valence-electron chi connectivity index (χ2n) is 10.6. The minimum Gasteiger partial charge on any atom is -0.492 e. The second kappa shape index (κ2) is 12.0. The summed E-state index contributed by atoms with van der Waals surface area (Å²) in [6.45, 7) is 1.30. The summed E-state index contributed by atoms with van der Waals surface area (Å²) >= 11 is 0. The van der Waals surface area contributed by atoms with Gasteiger partial charge in [-0.25, -0.2) is 9.48 Å². The van der Waals surface area contributed by atoms with Gasteiger partial charge in [0.2, 0.25) is 0 Å². The molecular formula is C33H35N3O4. The Morgan fingerprint density at radius 3 is 2.45 bits per heavy atom. The fourth-order valence-electron chi connectivity index (χ4n) is 5.78. The molecule has 1 unspecified atom stereocenters. The van der Waals surface area contributed by atoms with E-state index in [1.165, 1.54) is 41.5 Å². The topological polar surface area (TPSA) is 85.6 Å². The predicted octanol–water partition coefficient (Wildman–Crippen LogP) is 7.14. The second-order valence-corrected chi connectivity index (χ2v) is 10.6. The number of allylic oxidation sites excluding steroid dienone is 1. The van der Waals surface area contributed by atoms with E-state index in [4.69, 9.17) is 19.7 Å². The van der Waals surface area contributed by atoms with Gasteiger partial charge in [0.1, 0.15) is 12.4 Å². The average Bonchev–Trinajstić information content (AvgIpc) is 3.39. The van der Waals surface area contributed by atoms with E-state index in [-0.39, 0.29) is 19.4 Å². The van der Waals surface area contributed by atoms with Crippen molar-refractivity contribution in [2.45, 2.75) is 44.8 Å². The highest BCUT2D eigenvalue weighted by Crippen LogP contribution is 2.45. The quantitative estimate of drug-likeness (QED) is 0.175. The van der Waals surface area contributed by atoms with Crippen LogP contribution in [0.5, 0.6) is 5.75 Å². The van der Waals surface area contributed by atoms with Crippen LogP contribution < -0.4 is 10.1 Å². The summed E-state index contributed by atoms with van der Waals surface area (Å²) in [5.41, 5.74) is 7.27. The number of nitrogens with one attached hydrogen (secondary N) is 1. The molecule has 6 rings (SSSR count). The maximum Gasteiger partial charge on any atom is 0.404 e. The van der Waals surface area contributed by atoms with Crippen LogP contribution in [0.4, 0.5) is 4.79 Å². The van der Waals surface area contributed by atoms with Crippen LogP contribution in [0.3, 0.4) is 0 Å². The first-order valence-electron chi connectivity index (χ1n) is 14.3. The van der Waals surface area contributed by atoms with Gasteiger partial charge in [-0.15, -0.1) is 0 Å². The molecule has 1 saturated carbocycles. The maximum absolute atomic E-state index is 10.7. The number of fused-ring (bicyclic) bond motifs is 1. The first kappa shape index (κ1) is 26.1. The molecule has 2 fully saturated rings. The third kappa shape index (κ3) is 5.61. The summed E-state index contributed by atoms with van der Waals surface area (Å²) in [7, 11) is 0. The van der Waals surface area contributed by atoms with Crippen molar-refractivity contribution >= 4 is 28.1 Å². The first-order chi connectivity index (χ1) is 19.7. The number of benzene rings is 3. The van der Waals surface area contributed by atoms with E-state index < -0.39 is 6.09 Å². The van der Waals surface area contributed by atoms with Crippen LogP contribution in [0.2, 0.25) is 0 Å². The number of carbonyl (C=O) groups is 1. The fourth-order valence-corrected chi connectivity index (χ4v) is 5.78. The molecule has 0 radical (unpaired) electrons. The Balaban J connectivity index is 1.40. The van der Waals surface area contributed by atoms with Crippen molar-refractivity contribution in [2.75, 3.05) is 19.8 Å². The van der Waals surface area contributed by atoms with Crippen molar-refractivity contribution in [3.63, 3.8) is 0 Å². The van der Waals surface area contributed by atoms with Gasteiger partial charge < -0.3 is 19.9 Å². The van der Waals surface area contributed by atoms with Gasteiger partial charge in [0.25, 0.3) is 0 Å². The van der Waals surface area contributed by atoms with E-state index >= 15 is 0 Å². The number of hydrogen-bond acceptors (Lipinski definition) is 4. The van der Waals surface area contributed by atoms with Gasteiger partial charge in [0.15, 0.2) is 6.23 Å². The molecule has 3 aromatic carbocycles. The van der Waals surface area contributed by atoms with E-state index in [1.807, 2.05) is 23.0 Å². The number of nitrogens with zero attached hydrogens (tertiary/aromatic N) is 2. The van der Waals surface area contributed by atoms with Crippen LogP contribution in [0.25, 0.3) is 22.0 Å². The van der Waals surface area contributed by atoms with Gasteiger partial charge in [-0.2, -0.15) is 5.10 Å². The molecule has 0 bridgehead atoms. The highest BCUT2D eigenvalue weighted by molar-refractivity contribution is 6.01. The zero-order valence-corrected chi connectivity index (χ0v) is 22.6. The molecule has 1 aliphatic carbocycles. The number of ether oxygens (including phenoxy) is 2. The highest BCUT2D eigenvalue weighted by atomic mass is 16.5. The zero-order chi connectivity index (χ0) is 27.3. The number of hydrogen-bond donors (Lipinski definition) is 2. The molecule has 7 nitrogen and oxygen atoms in total. The van der Waals surface area contributed by atoms with E-state index in [9.17, 15) is 4.79 Å². The molecule has 1 amide bonds. The van der Waals surface area contributed by atoms with Gasteiger partial charge >= 0.3 is 6.09 Å². The Bertz CT molecular complexity index is 1480. The molecule has 2 N–H and O–H groups in total. The molecule has 206 valence electrons. The van der Waals surface area contributed by atoms with E-state index in [0.717, 1.165) is 42.3 Å². The van der Waals surface area contributed by atoms with Gasteiger partial charge in [0.05, 0.1) is 18.3 Å². The minimum atomic E-state index is -1.05. The van der Waals surface area contributed by atoms with Crippen LogP contribution in [0.15, 0.2) is 79.0 Å². The third-order valence-electron chi connectivity index (χ3n) is 7.97. The average molecular weight is 538 g/mol. The lowest BCUT2D eigenvalue weighted by molar-refractivity contribution is -0.0366. The van der Waals surface area contributed by atoms with E-state index in [2.05, 4.69) is 66.0 Å². The largest absolute Gasteiger partial charge is 0.492 e. The molecular weight excluding hydrogens is 502 g/mol. The third-order valence-corrected chi connectivity index (χ3v) is 7.97. The lowest BCUT2D eigenvalue weighted by Gasteiger charge is -2.31. The summed E-state index contributed by atoms with van der Waals surface area (Å²) in [6, 6.07) is 25.6. The normalized spacial score (nSPS) is 18.1. The van der Waals surface area contributed by atoms with Crippen LogP contribution in [-0.2, 0) is 4.74 Å². The Morgan fingerprint density at radius 2 is 1.75 bits per heavy atom. The van der Waals surface area contributed by atoms with Gasteiger partial charge in [-0.05, 0) is 90.1 Å². The lowest BCUT2D eigenvalue weighted by atomic mass is 9.73. The summed E-state index contributed by atoms with van der Waals surface area (Å²) in [6.07, 6.45) is 7.79. The Labute approximate surface area is 234 Å². The smallest absolute Gasteiger partial charge is 0.404 e. The van der Waals surface area contributed by atoms with Gasteiger partial charge in [0, 0.05) is 12.0 Å². The fraction of sp³-hybridized carbons (Fsp3) is 0.333. The SMILES string of the molecule is O=C(O)NCCOc1ccc(/C(=C(\c2ccccc2)C2CCC2)c2ccc3c(cnn3C3CCCCO3)c2)cc1. The Morgan fingerprint density at radius 1 is 0.950 bits per heavy atom. The predicted molar refractivity (Wildman–Crippen MR) is 156 cm³/mol. The van der Waals surface area contributed by atoms with Crippen LogP contribution in [0, 0.1) is 5.92 Å². The van der Waals surface area contributed by atoms with Gasteiger partial charge in [-0.1, -0.05) is 55.0 Å². The highest BCUT2D eigenvalue weighted by Gasteiger charge is 2.27. The van der Waals surface area contributed by atoms with E-state index in [0.29, 0.717) is 11.7 Å². The molecule has 2 aliphatic rings. The molecule has 7 heteroatoms. The molecule has 0 spiro atoms. The van der Waals surface area contributed by atoms with Crippen molar-refractivity contribution < 1.29 is 19.4 Å². The van der Waals surface area contributed by atoms with Crippen molar-refractivity contribution in [1.29, 1.82) is 0 Å². The Kier molecular flexibility index (Phi) is 7.82. The number of aromatic nitrogens is 2. The molecule has 4 aromatic rings. The van der Waals surface area contributed by atoms with Crippen LogP contribution in [0.1, 0.15) is 61.4 Å². The monoisotopic (exact) mass is 537 g/mol. The van der Waals surface area contributed by atoms with Crippen molar-refractivity contribution in [3.8, 4) is 5.75 Å². The number of amides is 1. The van der Waals surface area contributed by atoms with Crippen molar-refractivity contribution in [2.24, 2.45) is 5.92 Å². The summed E-state index contributed by atoms with van der Waals surface area (Å²) in [5, 5.41) is 17.0.